The maximum absolute atomic E-state index is 13.0. The molecule has 1 amide bonds. The van der Waals surface area contributed by atoms with E-state index in [2.05, 4.69) is 15.5 Å². The second-order valence-electron chi connectivity index (χ2n) is 7.75. The van der Waals surface area contributed by atoms with Gasteiger partial charge in [0.15, 0.2) is 15.8 Å². The van der Waals surface area contributed by atoms with Gasteiger partial charge >= 0.3 is 0 Å². The van der Waals surface area contributed by atoms with Gasteiger partial charge in [-0.15, -0.1) is 10.2 Å². The van der Waals surface area contributed by atoms with Gasteiger partial charge in [-0.25, -0.2) is 0 Å². The summed E-state index contributed by atoms with van der Waals surface area (Å²) in [4.78, 5) is 15.0. The Hall–Kier alpha value is -2.78. The number of aryl methyl sites for hydroxylation is 1. The number of para-hydroxylation sites is 1. The molecule has 0 aliphatic carbocycles. The van der Waals surface area contributed by atoms with E-state index in [1.54, 1.807) is 0 Å². The lowest BCUT2D eigenvalue weighted by Gasteiger charge is -2.26. The maximum atomic E-state index is 13.0. The van der Waals surface area contributed by atoms with Gasteiger partial charge in [0.05, 0.1) is 11.8 Å². The van der Waals surface area contributed by atoms with E-state index in [9.17, 15) is 4.79 Å². The monoisotopic (exact) mass is 468 g/mol. The molecule has 0 saturated carbocycles. The van der Waals surface area contributed by atoms with Gasteiger partial charge in [-0.3, -0.25) is 4.79 Å². The third-order valence-corrected chi connectivity index (χ3v) is 7.59. The molecule has 1 aromatic heterocycles. The molecule has 1 fully saturated rings. The predicted octanol–water partition coefficient (Wildman–Crippen LogP) is 4.82. The average Bonchev–Trinajstić information content (AvgIpc) is 3.48. The summed E-state index contributed by atoms with van der Waals surface area (Å²) in [5.41, 5.74) is 3.26. The molecule has 2 aliphatic heterocycles. The minimum atomic E-state index is 0.0756. The first-order chi connectivity index (χ1) is 15.7. The summed E-state index contributed by atoms with van der Waals surface area (Å²) < 4.78 is 12.1. The second kappa shape index (κ2) is 9.38. The molecule has 0 spiro atoms. The first kappa shape index (κ1) is 21.1. The zero-order chi connectivity index (χ0) is 21.9. The Morgan fingerprint density at radius 2 is 2.03 bits per heavy atom. The number of hydrogen-bond acceptors (Lipinski definition) is 8. The van der Waals surface area contributed by atoms with Crippen molar-refractivity contribution in [3.05, 3.63) is 53.6 Å². The fourth-order valence-corrected chi connectivity index (χ4v) is 5.68. The third-order valence-electron chi connectivity index (χ3n) is 5.64. The summed E-state index contributed by atoms with van der Waals surface area (Å²) in [6.07, 6.45) is 1.96. The number of amides is 1. The molecule has 5 rings (SSSR count). The summed E-state index contributed by atoms with van der Waals surface area (Å²) >= 11 is 2.90. The molecule has 3 heterocycles. The van der Waals surface area contributed by atoms with Crippen LogP contribution < -0.4 is 14.8 Å². The highest BCUT2D eigenvalue weighted by Gasteiger charge is 2.31. The molecule has 2 aromatic carbocycles. The first-order valence-electron chi connectivity index (χ1n) is 10.7. The average molecular weight is 469 g/mol. The Morgan fingerprint density at radius 1 is 1.19 bits per heavy atom. The van der Waals surface area contributed by atoms with E-state index in [1.165, 1.54) is 23.1 Å². The van der Waals surface area contributed by atoms with Crippen LogP contribution in [-0.4, -0.2) is 46.5 Å². The maximum Gasteiger partial charge on any atom is 0.233 e. The number of carbonyl (C=O) groups is 1. The zero-order valence-electron chi connectivity index (χ0n) is 17.7. The minimum Gasteiger partial charge on any atom is -0.486 e. The number of hydrogen-bond donors (Lipinski definition) is 1. The number of fused-ring (bicyclic) bond motifs is 1. The number of likely N-dealkylation sites (tertiary alicyclic amines) is 1. The van der Waals surface area contributed by atoms with Gasteiger partial charge in [0.2, 0.25) is 11.0 Å². The number of rotatable bonds is 6. The highest BCUT2D eigenvalue weighted by molar-refractivity contribution is 8.01. The van der Waals surface area contributed by atoms with E-state index >= 15 is 0 Å². The van der Waals surface area contributed by atoms with Crippen molar-refractivity contribution in [1.82, 2.24) is 15.1 Å². The highest BCUT2D eigenvalue weighted by atomic mass is 32.2. The van der Waals surface area contributed by atoms with Crippen molar-refractivity contribution >= 4 is 39.8 Å². The van der Waals surface area contributed by atoms with Crippen LogP contribution in [0.2, 0.25) is 0 Å². The molecule has 1 N–H and O–H groups in total. The van der Waals surface area contributed by atoms with Gasteiger partial charge in [-0.1, -0.05) is 47.4 Å². The molecule has 3 aromatic rings. The highest BCUT2D eigenvalue weighted by Crippen LogP contribution is 2.38. The van der Waals surface area contributed by atoms with Crippen molar-refractivity contribution in [3.63, 3.8) is 0 Å². The van der Waals surface area contributed by atoms with Gasteiger partial charge in [-0.05, 0) is 49.1 Å². The zero-order valence-corrected chi connectivity index (χ0v) is 19.4. The van der Waals surface area contributed by atoms with E-state index in [1.807, 2.05) is 54.3 Å². The molecular formula is C23H24N4O3S2. The second-order valence-corrected chi connectivity index (χ2v) is 9.95. The predicted molar refractivity (Wildman–Crippen MR) is 126 cm³/mol. The lowest BCUT2D eigenvalue weighted by Crippen LogP contribution is -2.32. The fourth-order valence-electron chi connectivity index (χ4n) is 4.03. The van der Waals surface area contributed by atoms with E-state index < -0.39 is 0 Å². The summed E-state index contributed by atoms with van der Waals surface area (Å²) in [6, 6.07) is 14.1. The number of ether oxygens (including phenoxy) is 2. The molecule has 2 aliphatic rings. The van der Waals surface area contributed by atoms with Crippen molar-refractivity contribution < 1.29 is 14.3 Å². The lowest BCUT2D eigenvalue weighted by molar-refractivity contribution is -0.129. The number of thioether (sulfide) groups is 1. The molecule has 1 unspecified atom stereocenters. The van der Waals surface area contributed by atoms with Crippen LogP contribution in [0.3, 0.4) is 0 Å². The molecule has 166 valence electrons. The molecule has 0 bridgehead atoms. The summed E-state index contributed by atoms with van der Waals surface area (Å²) in [7, 11) is 0. The number of aromatic nitrogens is 2. The number of benzene rings is 2. The van der Waals surface area contributed by atoms with Crippen LogP contribution in [0.25, 0.3) is 0 Å². The van der Waals surface area contributed by atoms with Crippen LogP contribution >= 0.6 is 23.1 Å². The molecule has 9 heteroatoms. The molecule has 1 saturated heterocycles. The molecule has 1 atom stereocenters. The smallest absolute Gasteiger partial charge is 0.233 e. The Kier molecular flexibility index (Phi) is 6.18. The minimum absolute atomic E-state index is 0.0756. The first-order valence-corrected chi connectivity index (χ1v) is 12.5. The van der Waals surface area contributed by atoms with E-state index in [-0.39, 0.29) is 11.9 Å². The van der Waals surface area contributed by atoms with Crippen molar-refractivity contribution in [2.24, 2.45) is 0 Å². The normalized spacial score (nSPS) is 17.4. The Bertz CT molecular complexity index is 1120. The van der Waals surface area contributed by atoms with E-state index in [4.69, 9.17) is 9.47 Å². The van der Waals surface area contributed by atoms with Gasteiger partial charge in [0, 0.05) is 12.2 Å². The molecule has 32 heavy (non-hydrogen) atoms. The largest absolute Gasteiger partial charge is 0.486 e. The Labute approximate surface area is 195 Å². The van der Waals surface area contributed by atoms with Crippen LogP contribution in [0.15, 0.2) is 46.8 Å². The van der Waals surface area contributed by atoms with Crippen molar-refractivity contribution in [1.29, 1.82) is 0 Å². The van der Waals surface area contributed by atoms with Gasteiger partial charge in [0.25, 0.3) is 0 Å². The van der Waals surface area contributed by atoms with Crippen LogP contribution in [-0.2, 0) is 4.79 Å². The molecule has 7 nitrogen and oxygen atoms in total. The van der Waals surface area contributed by atoms with Crippen LogP contribution in [0.1, 0.15) is 30.0 Å². The van der Waals surface area contributed by atoms with Gasteiger partial charge in [-0.2, -0.15) is 0 Å². The third kappa shape index (κ3) is 4.54. The van der Waals surface area contributed by atoms with E-state index in [0.717, 1.165) is 57.2 Å². The number of anilines is 2. The van der Waals surface area contributed by atoms with Crippen LogP contribution in [0.5, 0.6) is 11.5 Å². The Morgan fingerprint density at radius 3 is 2.91 bits per heavy atom. The quantitative estimate of drug-likeness (QED) is 0.520. The van der Waals surface area contributed by atoms with Crippen molar-refractivity contribution in [2.45, 2.75) is 30.1 Å². The number of nitrogens with zero attached hydrogens (tertiary/aromatic N) is 3. The molecular weight excluding hydrogens is 444 g/mol. The SMILES string of the molecule is Cc1ccccc1Nc1nnc(SCC(=O)N2CCCC2c2ccc3c(c2)OCCO3)s1. The fraction of sp³-hybridized carbons (Fsp3) is 0.348. The standard InChI is InChI=1S/C23H24N4O3S2/c1-15-5-2-3-6-17(15)24-22-25-26-23(32-22)31-14-21(28)27-10-4-7-18(27)16-8-9-19-20(13-16)30-12-11-29-19/h2-3,5-6,8-9,13,18H,4,7,10-12,14H2,1H3,(H,24,25). The Balaban J connectivity index is 1.21. The lowest BCUT2D eigenvalue weighted by atomic mass is 10.0. The summed E-state index contributed by atoms with van der Waals surface area (Å²) in [5, 5.41) is 12.5. The van der Waals surface area contributed by atoms with Crippen molar-refractivity contribution in [2.75, 3.05) is 30.8 Å². The number of nitrogens with one attached hydrogen (secondary N) is 1. The van der Waals surface area contributed by atoms with E-state index in [0.29, 0.717) is 19.0 Å². The summed E-state index contributed by atoms with van der Waals surface area (Å²) in [6.45, 7) is 3.95. The van der Waals surface area contributed by atoms with Gasteiger partial charge in [0.1, 0.15) is 13.2 Å². The topological polar surface area (TPSA) is 76.6 Å². The van der Waals surface area contributed by atoms with Gasteiger partial charge < -0.3 is 19.7 Å². The van der Waals surface area contributed by atoms with Crippen LogP contribution in [0, 0.1) is 6.92 Å². The van der Waals surface area contributed by atoms with Crippen LogP contribution in [0.4, 0.5) is 10.8 Å². The summed E-state index contributed by atoms with van der Waals surface area (Å²) in [5.74, 6) is 2.01. The number of carbonyl (C=O) groups excluding carboxylic acids is 1. The molecule has 0 radical (unpaired) electrons. The van der Waals surface area contributed by atoms with Crippen molar-refractivity contribution in [3.8, 4) is 11.5 Å².